The third-order valence-electron chi connectivity index (χ3n) is 4.09. The Kier molecular flexibility index (Phi) is 8.50. The van der Waals surface area contributed by atoms with Crippen LogP contribution in [-0.4, -0.2) is 44.7 Å². The lowest BCUT2D eigenvalue weighted by Crippen LogP contribution is -2.31. The second kappa shape index (κ2) is 10.8. The van der Waals surface area contributed by atoms with Crippen LogP contribution in [0.25, 0.3) is 6.08 Å². The Balaban J connectivity index is 1.94. The molecule has 0 unspecified atom stereocenters. The summed E-state index contributed by atoms with van der Waals surface area (Å²) < 4.78 is 29.1. The molecule has 2 aromatic carbocycles. The van der Waals surface area contributed by atoms with E-state index in [1.807, 2.05) is 0 Å². The van der Waals surface area contributed by atoms with Crippen LogP contribution in [0, 0.1) is 5.82 Å². The minimum absolute atomic E-state index is 0.0537. The number of halogens is 3. The fraction of sp³-hybridized carbons (Fsp3) is 0.238. The van der Waals surface area contributed by atoms with Crippen molar-refractivity contribution < 1.29 is 28.2 Å². The summed E-state index contributed by atoms with van der Waals surface area (Å²) in [5, 5.41) is 0.525. The predicted octanol–water partition coefficient (Wildman–Crippen LogP) is 4.36. The summed E-state index contributed by atoms with van der Waals surface area (Å²) in [6.45, 7) is -0.555. The van der Waals surface area contributed by atoms with Gasteiger partial charge >= 0.3 is 5.97 Å². The average molecular weight is 456 g/mol. The Bertz CT molecular complexity index is 944. The first-order chi connectivity index (χ1) is 14.3. The summed E-state index contributed by atoms with van der Waals surface area (Å²) in [7, 11) is 4.39. The van der Waals surface area contributed by atoms with Gasteiger partial charge in [-0.3, -0.25) is 4.79 Å². The highest BCUT2D eigenvalue weighted by molar-refractivity contribution is 6.32. The van der Waals surface area contributed by atoms with Gasteiger partial charge in [-0.25, -0.2) is 9.18 Å². The van der Waals surface area contributed by atoms with Gasteiger partial charge in [-0.05, 0) is 35.9 Å². The van der Waals surface area contributed by atoms with Gasteiger partial charge in [0, 0.05) is 30.3 Å². The van der Waals surface area contributed by atoms with Gasteiger partial charge in [-0.1, -0.05) is 29.3 Å². The van der Waals surface area contributed by atoms with Gasteiger partial charge in [0.05, 0.1) is 19.2 Å². The molecule has 0 fully saturated rings. The zero-order valence-corrected chi connectivity index (χ0v) is 18.1. The molecule has 0 heterocycles. The molecule has 9 heteroatoms. The fourth-order valence-electron chi connectivity index (χ4n) is 2.50. The molecular weight excluding hydrogens is 436 g/mol. The van der Waals surface area contributed by atoms with Crippen LogP contribution < -0.4 is 9.47 Å². The van der Waals surface area contributed by atoms with Crippen molar-refractivity contribution >= 4 is 41.2 Å². The summed E-state index contributed by atoms with van der Waals surface area (Å²) in [5.41, 5.74) is 0.763. The van der Waals surface area contributed by atoms with Gasteiger partial charge in [-0.2, -0.15) is 0 Å². The van der Waals surface area contributed by atoms with E-state index in [4.69, 9.17) is 37.4 Å². The Hall–Kier alpha value is -2.77. The number of carbonyl (C=O) groups is 2. The van der Waals surface area contributed by atoms with Gasteiger partial charge in [-0.15, -0.1) is 0 Å². The van der Waals surface area contributed by atoms with Crippen molar-refractivity contribution in [1.82, 2.24) is 4.90 Å². The van der Waals surface area contributed by atoms with Crippen molar-refractivity contribution in [2.24, 2.45) is 0 Å². The Morgan fingerprint density at radius 3 is 2.50 bits per heavy atom. The number of methoxy groups -OCH3 is 2. The number of carbonyl (C=O) groups excluding carboxylic acids is 2. The first-order valence-electron chi connectivity index (χ1n) is 8.70. The lowest BCUT2D eigenvalue weighted by Gasteiger charge is -2.18. The summed E-state index contributed by atoms with van der Waals surface area (Å²) in [6, 6.07) is 7.48. The minimum Gasteiger partial charge on any atom is -0.493 e. The molecule has 0 N–H and O–H groups in total. The van der Waals surface area contributed by atoms with E-state index in [0.29, 0.717) is 22.1 Å². The molecule has 0 aliphatic heterocycles. The third kappa shape index (κ3) is 6.11. The zero-order chi connectivity index (χ0) is 22.3. The Morgan fingerprint density at radius 2 is 1.87 bits per heavy atom. The van der Waals surface area contributed by atoms with E-state index >= 15 is 0 Å². The van der Waals surface area contributed by atoms with Crippen LogP contribution in [0.15, 0.2) is 36.4 Å². The monoisotopic (exact) mass is 455 g/mol. The highest BCUT2D eigenvalue weighted by Crippen LogP contribution is 2.36. The second-order valence-electron chi connectivity index (χ2n) is 6.13. The molecule has 6 nitrogen and oxygen atoms in total. The molecule has 0 atom stereocenters. The van der Waals surface area contributed by atoms with E-state index in [9.17, 15) is 14.0 Å². The Labute approximate surface area is 183 Å². The summed E-state index contributed by atoms with van der Waals surface area (Å²) in [4.78, 5) is 25.3. The van der Waals surface area contributed by atoms with Crippen molar-refractivity contribution in [2.75, 3.05) is 27.9 Å². The van der Waals surface area contributed by atoms with Crippen LogP contribution in [-0.2, 0) is 20.9 Å². The molecule has 0 aromatic heterocycles. The maximum absolute atomic E-state index is 13.8. The normalized spacial score (nSPS) is 10.7. The molecular formula is C21H20Cl2FNO5. The largest absolute Gasteiger partial charge is 0.493 e. The molecule has 1 amide bonds. The van der Waals surface area contributed by atoms with E-state index in [2.05, 4.69) is 0 Å². The molecule has 0 bridgehead atoms. The van der Waals surface area contributed by atoms with E-state index < -0.39 is 24.3 Å². The first-order valence-corrected chi connectivity index (χ1v) is 9.45. The molecule has 0 saturated heterocycles. The zero-order valence-electron chi connectivity index (χ0n) is 16.6. The number of hydrogen-bond donors (Lipinski definition) is 0. The minimum atomic E-state index is -0.730. The van der Waals surface area contributed by atoms with Crippen molar-refractivity contribution in [3.05, 3.63) is 63.4 Å². The highest BCUT2D eigenvalue weighted by atomic mass is 35.5. The fourth-order valence-corrected chi connectivity index (χ4v) is 3.02. The first kappa shape index (κ1) is 23.5. The lowest BCUT2D eigenvalue weighted by atomic mass is 10.2. The van der Waals surface area contributed by atoms with Crippen LogP contribution in [0.5, 0.6) is 11.5 Å². The average Bonchev–Trinajstić information content (AvgIpc) is 2.72. The summed E-state index contributed by atoms with van der Waals surface area (Å²) in [6.07, 6.45) is 2.61. The van der Waals surface area contributed by atoms with Crippen molar-refractivity contribution in [3.63, 3.8) is 0 Å². The number of nitrogens with zero attached hydrogens (tertiary/aromatic N) is 1. The SMILES string of the molecule is COc1cc(/C=C/C(=O)OCC(=O)N(C)Cc2c(F)cccc2Cl)cc(Cl)c1OC. The van der Waals surface area contributed by atoms with Crippen LogP contribution in [0.2, 0.25) is 10.0 Å². The standard InChI is InChI=1S/C21H20Cl2FNO5/c1-25(11-14-15(22)5-4-6-17(14)24)19(26)12-30-20(27)8-7-13-9-16(23)21(29-3)18(10-13)28-2/h4-10H,11-12H2,1-3H3/b8-7+. The number of likely N-dealkylation sites (N-methyl/N-ethyl adjacent to an activating group) is 1. The molecule has 0 aliphatic rings. The molecule has 2 rings (SSSR count). The van der Waals surface area contributed by atoms with Crippen LogP contribution in [0.1, 0.15) is 11.1 Å². The number of benzene rings is 2. The number of hydrogen-bond acceptors (Lipinski definition) is 5. The molecule has 0 aliphatic carbocycles. The molecule has 2 aromatic rings. The summed E-state index contributed by atoms with van der Waals surface area (Å²) in [5.74, 6) is -0.975. The van der Waals surface area contributed by atoms with Crippen LogP contribution in [0.3, 0.4) is 0 Å². The number of esters is 1. The highest BCUT2D eigenvalue weighted by Gasteiger charge is 2.16. The van der Waals surface area contributed by atoms with Crippen molar-refractivity contribution in [1.29, 1.82) is 0 Å². The van der Waals surface area contributed by atoms with Gasteiger partial charge in [0.1, 0.15) is 5.82 Å². The number of amides is 1. The quantitative estimate of drug-likeness (QED) is 0.436. The van der Waals surface area contributed by atoms with Gasteiger partial charge in [0.2, 0.25) is 0 Å². The second-order valence-corrected chi connectivity index (χ2v) is 6.94. The lowest BCUT2D eigenvalue weighted by molar-refractivity contribution is -0.147. The molecule has 0 radical (unpaired) electrons. The number of ether oxygens (including phenoxy) is 3. The van der Waals surface area contributed by atoms with Crippen molar-refractivity contribution in [2.45, 2.75) is 6.54 Å². The molecule has 160 valence electrons. The Morgan fingerprint density at radius 1 is 1.13 bits per heavy atom. The van der Waals surface area contributed by atoms with Crippen LogP contribution in [0.4, 0.5) is 4.39 Å². The molecule has 30 heavy (non-hydrogen) atoms. The van der Waals surface area contributed by atoms with Gasteiger partial charge in [0.15, 0.2) is 18.1 Å². The maximum Gasteiger partial charge on any atom is 0.331 e. The predicted molar refractivity (Wildman–Crippen MR) is 112 cm³/mol. The third-order valence-corrected chi connectivity index (χ3v) is 4.72. The molecule has 0 saturated carbocycles. The van der Waals surface area contributed by atoms with Gasteiger partial charge < -0.3 is 19.1 Å². The number of rotatable bonds is 8. The van der Waals surface area contributed by atoms with Crippen LogP contribution >= 0.6 is 23.2 Å². The van der Waals surface area contributed by atoms with E-state index in [-0.39, 0.29) is 17.1 Å². The summed E-state index contributed by atoms with van der Waals surface area (Å²) >= 11 is 12.1. The van der Waals surface area contributed by atoms with E-state index in [1.54, 1.807) is 12.1 Å². The van der Waals surface area contributed by atoms with Gasteiger partial charge in [0.25, 0.3) is 5.91 Å². The smallest absolute Gasteiger partial charge is 0.331 e. The maximum atomic E-state index is 13.8. The molecule has 0 spiro atoms. The van der Waals surface area contributed by atoms with E-state index in [0.717, 1.165) is 6.08 Å². The van der Waals surface area contributed by atoms with Crippen molar-refractivity contribution in [3.8, 4) is 11.5 Å². The topological polar surface area (TPSA) is 65.1 Å². The van der Waals surface area contributed by atoms with E-state index in [1.165, 1.54) is 50.4 Å².